The minimum absolute atomic E-state index is 0.308. The molecule has 0 aromatic carbocycles. The van der Waals surface area contributed by atoms with Gasteiger partial charge in [0.2, 0.25) is 0 Å². The molecule has 19 heavy (non-hydrogen) atoms. The predicted octanol–water partition coefficient (Wildman–Crippen LogP) is 4.78. The van der Waals surface area contributed by atoms with E-state index in [-0.39, 0.29) is 0 Å². The summed E-state index contributed by atoms with van der Waals surface area (Å²) < 4.78 is 38.4. The molecule has 0 aromatic rings. The van der Waals surface area contributed by atoms with Crippen LogP contribution in [0, 0.1) is 0 Å². The molecular weight excluding hydrogens is 251 g/mol. The van der Waals surface area contributed by atoms with Gasteiger partial charge in [-0.05, 0) is 44.8 Å². The fourth-order valence-corrected chi connectivity index (χ4v) is 1.77. The van der Waals surface area contributed by atoms with Gasteiger partial charge in [-0.15, -0.1) is 0 Å². The molecule has 0 amide bonds. The fourth-order valence-electron chi connectivity index (χ4n) is 1.77. The van der Waals surface area contributed by atoms with Gasteiger partial charge >= 0.3 is 6.18 Å². The summed E-state index contributed by atoms with van der Waals surface area (Å²) in [5.74, 6) is 0. The first-order valence-corrected chi connectivity index (χ1v) is 6.73. The summed E-state index contributed by atoms with van der Waals surface area (Å²) in [6.07, 6.45) is 3.04. The number of allylic oxidation sites excluding steroid dienone is 5. The van der Waals surface area contributed by atoms with Crippen molar-refractivity contribution >= 4 is 0 Å². The van der Waals surface area contributed by atoms with Gasteiger partial charge in [0.25, 0.3) is 0 Å². The first kappa shape index (κ1) is 18.0. The molecule has 0 rings (SSSR count). The van der Waals surface area contributed by atoms with Gasteiger partial charge in [-0.2, -0.15) is 13.2 Å². The van der Waals surface area contributed by atoms with Crippen molar-refractivity contribution in [2.24, 2.45) is 0 Å². The van der Waals surface area contributed by atoms with Gasteiger partial charge in [0.05, 0.1) is 5.57 Å². The van der Waals surface area contributed by atoms with E-state index in [1.807, 2.05) is 0 Å². The number of hydrogen-bond donors (Lipinski definition) is 1. The molecule has 0 heterocycles. The van der Waals surface area contributed by atoms with Gasteiger partial charge in [-0.3, -0.25) is 0 Å². The fraction of sp³-hybridized carbons (Fsp3) is 0.600. The van der Waals surface area contributed by atoms with Crippen LogP contribution < -0.4 is 5.32 Å². The minimum atomic E-state index is -4.33. The molecule has 110 valence electrons. The molecule has 0 aliphatic carbocycles. The van der Waals surface area contributed by atoms with Crippen molar-refractivity contribution in [2.75, 3.05) is 13.1 Å². The molecule has 0 saturated carbocycles. The molecule has 1 N–H and O–H groups in total. The van der Waals surface area contributed by atoms with Crippen LogP contribution in [-0.4, -0.2) is 19.3 Å². The lowest BCUT2D eigenvalue weighted by molar-refractivity contribution is -0.0889. The zero-order valence-corrected chi connectivity index (χ0v) is 11.8. The Labute approximate surface area is 114 Å². The molecule has 1 nitrogen and oxygen atoms in total. The van der Waals surface area contributed by atoms with Gasteiger partial charge in [0.1, 0.15) is 0 Å². The monoisotopic (exact) mass is 275 g/mol. The largest absolute Gasteiger partial charge is 0.416 e. The first-order chi connectivity index (χ1) is 8.97. The number of halogens is 3. The highest BCUT2D eigenvalue weighted by molar-refractivity contribution is 5.35. The van der Waals surface area contributed by atoms with Crippen molar-refractivity contribution in [1.82, 2.24) is 5.32 Å². The number of hydrogen-bond acceptors (Lipinski definition) is 1. The summed E-state index contributed by atoms with van der Waals surface area (Å²) in [4.78, 5) is 0. The summed E-state index contributed by atoms with van der Waals surface area (Å²) in [7, 11) is 0. The van der Waals surface area contributed by atoms with Crippen LogP contribution in [0.5, 0.6) is 0 Å². The van der Waals surface area contributed by atoms with Crippen molar-refractivity contribution in [1.29, 1.82) is 0 Å². The highest BCUT2D eigenvalue weighted by Gasteiger charge is 2.33. The Morgan fingerprint density at radius 2 is 1.84 bits per heavy atom. The topological polar surface area (TPSA) is 12.0 Å². The summed E-state index contributed by atoms with van der Waals surface area (Å²) in [6, 6.07) is 0. The molecular formula is C15H24F3N. The van der Waals surface area contributed by atoms with Crippen LogP contribution in [0.3, 0.4) is 0 Å². The van der Waals surface area contributed by atoms with E-state index in [1.165, 1.54) is 6.08 Å². The third-order valence-electron chi connectivity index (χ3n) is 2.73. The van der Waals surface area contributed by atoms with Crippen LogP contribution in [-0.2, 0) is 0 Å². The van der Waals surface area contributed by atoms with Crippen molar-refractivity contribution in [3.63, 3.8) is 0 Å². The van der Waals surface area contributed by atoms with E-state index >= 15 is 0 Å². The number of alkyl halides is 3. The number of unbranched alkanes of at least 4 members (excludes halogenated alkanes) is 1. The lowest BCUT2D eigenvalue weighted by atomic mass is 10.0. The van der Waals surface area contributed by atoms with Gasteiger partial charge in [-0.1, -0.05) is 38.2 Å². The maximum Gasteiger partial charge on any atom is 0.416 e. The van der Waals surface area contributed by atoms with Gasteiger partial charge in [-0.25, -0.2) is 0 Å². The normalized spacial score (nSPS) is 13.7. The van der Waals surface area contributed by atoms with Gasteiger partial charge in [0, 0.05) is 0 Å². The second kappa shape index (κ2) is 9.84. The third kappa shape index (κ3) is 7.88. The molecule has 0 atom stereocenters. The van der Waals surface area contributed by atoms with Crippen LogP contribution >= 0.6 is 0 Å². The van der Waals surface area contributed by atoms with E-state index in [0.717, 1.165) is 32.0 Å². The van der Waals surface area contributed by atoms with Crippen molar-refractivity contribution in [3.05, 3.63) is 36.0 Å². The Morgan fingerprint density at radius 3 is 2.32 bits per heavy atom. The lowest BCUT2D eigenvalue weighted by Gasteiger charge is -2.13. The first-order valence-electron chi connectivity index (χ1n) is 6.73. The maximum absolute atomic E-state index is 12.8. The Morgan fingerprint density at radius 1 is 1.21 bits per heavy atom. The van der Waals surface area contributed by atoms with Crippen molar-refractivity contribution < 1.29 is 13.2 Å². The van der Waals surface area contributed by atoms with Crippen molar-refractivity contribution in [2.45, 2.75) is 45.7 Å². The van der Waals surface area contributed by atoms with E-state index in [1.54, 1.807) is 13.0 Å². The quantitative estimate of drug-likeness (QED) is 0.472. The molecule has 0 unspecified atom stereocenters. The molecule has 0 aliphatic heterocycles. The van der Waals surface area contributed by atoms with E-state index in [2.05, 4.69) is 18.8 Å². The molecule has 0 aromatic heterocycles. The molecule has 0 aliphatic rings. The predicted molar refractivity (Wildman–Crippen MR) is 75.1 cm³/mol. The minimum Gasteiger partial charge on any atom is -0.317 e. The molecule has 0 bridgehead atoms. The van der Waals surface area contributed by atoms with Crippen LogP contribution in [0.25, 0.3) is 0 Å². The Balaban J connectivity index is 4.49. The van der Waals surface area contributed by atoms with E-state index in [4.69, 9.17) is 0 Å². The van der Waals surface area contributed by atoms with Crippen molar-refractivity contribution in [3.8, 4) is 0 Å². The van der Waals surface area contributed by atoms with Crippen LogP contribution in [0.1, 0.15) is 39.5 Å². The SMILES string of the molecule is C=C/C(=C(\C=C/C)CCCNCCCC)C(F)(F)F. The molecule has 0 radical (unpaired) electrons. The van der Waals surface area contributed by atoms with Gasteiger partial charge in [0.15, 0.2) is 0 Å². The second-order valence-electron chi connectivity index (χ2n) is 4.35. The third-order valence-corrected chi connectivity index (χ3v) is 2.73. The summed E-state index contributed by atoms with van der Waals surface area (Å²) in [5, 5.41) is 3.23. The maximum atomic E-state index is 12.8. The average molecular weight is 275 g/mol. The van der Waals surface area contributed by atoms with Gasteiger partial charge < -0.3 is 5.32 Å². The zero-order valence-electron chi connectivity index (χ0n) is 11.8. The Hall–Kier alpha value is -1.03. The summed E-state index contributed by atoms with van der Waals surface area (Å²) >= 11 is 0. The second-order valence-corrected chi connectivity index (χ2v) is 4.35. The lowest BCUT2D eigenvalue weighted by Crippen LogP contribution is -2.17. The Bertz CT molecular complexity index is 314. The standard InChI is InChI=1S/C15H24F3N/c1-4-7-11-19-12-8-10-13(9-5-2)14(6-3)15(16,17)18/h5-6,9,19H,3-4,7-8,10-12H2,1-2H3/b9-5-,14-13-. The van der Waals surface area contributed by atoms with E-state index in [9.17, 15) is 13.2 Å². The number of nitrogens with one attached hydrogen (secondary N) is 1. The highest BCUT2D eigenvalue weighted by Crippen LogP contribution is 2.31. The van der Waals surface area contributed by atoms with E-state index < -0.39 is 11.7 Å². The van der Waals surface area contributed by atoms with E-state index in [0.29, 0.717) is 18.4 Å². The van der Waals surface area contributed by atoms with Crippen LogP contribution in [0.4, 0.5) is 13.2 Å². The Kier molecular flexibility index (Phi) is 9.31. The molecule has 0 saturated heterocycles. The average Bonchev–Trinajstić information content (AvgIpc) is 2.32. The summed E-state index contributed by atoms with van der Waals surface area (Å²) in [5.41, 5.74) is -0.318. The summed E-state index contributed by atoms with van der Waals surface area (Å²) in [6.45, 7) is 8.76. The van der Waals surface area contributed by atoms with Crippen LogP contribution in [0.15, 0.2) is 36.0 Å². The number of rotatable bonds is 9. The smallest absolute Gasteiger partial charge is 0.317 e. The molecule has 0 spiro atoms. The highest BCUT2D eigenvalue weighted by atomic mass is 19.4. The zero-order chi connectivity index (χ0) is 14.7. The molecule has 0 fully saturated rings. The van der Waals surface area contributed by atoms with Crippen LogP contribution in [0.2, 0.25) is 0 Å². The molecule has 4 heteroatoms.